The van der Waals surface area contributed by atoms with Crippen LogP contribution in [0.2, 0.25) is 0 Å². The number of phenols is 1. The van der Waals surface area contributed by atoms with Gasteiger partial charge in [-0.05, 0) is 44.2 Å². The molecule has 0 heterocycles. The molecule has 0 spiro atoms. The van der Waals surface area contributed by atoms with Gasteiger partial charge in [-0.25, -0.2) is 0 Å². The van der Waals surface area contributed by atoms with Gasteiger partial charge in [0.2, 0.25) is 0 Å². The smallest absolute Gasteiger partial charge is 0.139 e. The van der Waals surface area contributed by atoms with E-state index in [0.717, 1.165) is 42.8 Å². The maximum atomic E-state index is 10.4. The van der Waals surface area contributed by atoms with Crippen LogP contribution in [0.4, 0.5) is 5.69 Å². The van der Waals surface area contributed by atoms with Crippen LogP contribution in [0, 0.1) is 39.9 Å². The van der Waals surface area contributed by atoms with Crippen LogP contribution in [0.25, 0.3) is 6.08 Å². The quantitative estimate of drug-likeness (QED) is 0.746. The second-order valence-corrected chi connectivity index (χ2v) is 7.94. The third-order valence-corrected chi connectivity index (χ3v) is 5.23. The van der Waals surface area contributed by atoms with E-state index in [1.165, 1.54) is 0 Å². The van der Waals surface area contributed by atoms with Gasteiger partial charge in [-0.3, -0.25) is 0 Å². The normalized spacial score (nSPS) is 18.8. The molecular weight excluding hydrogens is 334 g/mol. The molecule has 0 aliphatic heterocycles. The van der Waals surface area contributed by atoms with Crippen LogP contribution in [0.5, 0.6) is 5.75 Å². The summed E-state index contributed by atoms with van der Waals surface area (Å²) in [5.41, 5.74) is 2.93. The van der Waals surface area contributed by atoms with Gasteiger partial charge in [-0.15, -0.1) is 0 Å². The van der Waals surface area contributed by atoms with Crippen molar-refractivity contribution in [3.05, 3.63) is 41.5 Å². The van der Waals surface area contributed by atoms with Crippen molar-refractivity contribution in [2.24, 2.45) is 17.3 Å². The third-order valence-electron chi connectivity index (χ3n) is 5.23. The highest BCUT2D eigenvalue weighted by Crippen LogP contribution is 2.41. The Morgan fingerprint density at radius 3 is 2.44 bits per heavy atom. The summed E-state index contributed by atoms with van der Waals surface area (Å²) in [5, 5.41) is 28.9. The minimum Gasteiger partial charge on any atom is -0.507 e. The first-order valence-electron chi connectivity index (χ1n) is 9.59. The predicted octanol–water partition coefficient (Wildman–Crippen LogP) is 5.28. The molecule has 1 aliphatic rings. The average Bonchev–Trinajstić information content (AvgIpc) is 2.62. The second-order valence-electron chi connectivity index (χ2n) is 7.94. The van der Waals surface area contributed by atoms with Gasteiger partial charge in [0, 0.05) is 36.3 Å². The largest absolute Gasteiger partial charge is 0.507 e. The molecule has 0 radical (unpaired) electrons. The second kappa shape index (κ2) is 8.78. The van der Waals surface area contributed by atoms with Gasteiger partial charge < -0.3 is 10.0 Å². The summed E-state index contributed by atoms with van der Waals surface area (Å²) >= 11 is 0. The average molecular weight is 364 g/mol. The summed E-state index contributed by atoms with van der Waals surface area (Å²) < 4.78 is 0. The monoisotopic (exact) mass is 363 g/mol. The maximum absolute atomic E-state index is 10.4. The third kappa shape index (κ3) is 5.14. The highest BCUT2D eigenvalue weighted by atomic mass is 16.3. The standard InChI is InChI=1S/C23H29N3O/c1-5-26(6-2)21-10-9-18(22(27)12-21)8-7-17-11-19(20(15-24)16-25)14-23(3,4)13-17/h7-12,19-20,27H,5-6,13-14H2,1-4H3/b8-7+. The molecule has 1 aliphatic carbocycles. The Kier molecular flexibility index (Phi) is 6.70. The molecule has 2 rings (SSSR count). The molecule has 27 heavy (non-hydrogen) atoms. The van der Waals surface area contributed by atoms with E-state index in [1.54, 1.807) is 6.07 Å². The number of nitrogens with zero attached hydrogens (tertiary/aromatic N) is 3. The first-order valence-corrected chi connectivity index (χ1v) is 9.59. The van der Waals surface area contributed by atoms with Crippen LogP contribution in [0.1, 0.15) is 46.1 Å². The molecule has 1 unspecified atom stereocenters. The summed E-state index contributed by atoms with van der Waals surface area (Å²) in [6.45, 7) is 10.3. The van der Waals surface area contributed by atoms with Gasteiger partial charge in [0.15, 0.2) is 0 Å². The van der Waals surface area contributed by atoms with Crippen LogP contribution in [-0.4, -0.2) is 18.2 Å². The molecule has 0 fully saturated rings. The van der Waals surface area contributed by atoms with Crippen molar-refractivity contribution in [1.82, 2.24) is 0 Å². The van der Waals surface area contributed by atoms with Crippen LogP contribution < -0.4 is 4.90 Å². The predicted molar refractivity (Wildman–Crippen MR) is 110 cm³/mol. The molecule has 1 N–H and O–H groups in total. The van der Waals surface area contributed by atoms with E-state index in [2.05, 4.69) is 50.8 Å². The minimum absolute atomic E-state index is 0.0414. The molecule has 4 heteroatoms. The number of aromatic hydroxyl groups is 1. The summed E-state index contributed by atoms with van der Waals surface area (Å²) in [5.74, 6) is -0.411. The summed E-state index contributed by atoms with van der Waals surface area (Å²) in [4.78, 5) is 2.19. The summed E-state index contributed by atoms with van der Waals surface area (Å²) in [7, 11) is 0. The summed E-state index contributed by atoms with van der Waals surface area (Å²) in [6.07, 6.45) is 7.70. The van der Waals surface area contributed by atoms with E-state index in [-0.39, 0.29) is 17.1 Å². The van der Waals surface area contributed by atoms with Crippen molar-refractivity contribution in [1.29, 1.82) is 10.5 Å². The number of hydrogen-bond donors (Lipinski definition) is 1. The van der Waals surface area contributed by atoms with Crippen molar-refractivity contribution in [3.63, 3.8) is 0 Å². The molecule has 0 saturated carbocycles. The molecule has 4 nitrogen and oxygen atoms in total. The number of hydrogen-bond acceptors (Lipinski definition) is 4. The van der Waals surface area contributed by atoms with Crippen molar-refractivity contribution in [2.75, 3.05) is 18.0 Å². The van der Waals surface area contributed by atoms with E-state index in [1.807, 2.05) is 24.3 Å². The molecule has 1 aromatic carbocycles. The van der Waals surface area contributed by atoms with Crippen LogP contribution in [-0.2, 0) is 0 Å². The first-order chi connectivity index (χ1) is 12.8. The van der Waals surface area contributed by atoms with Gasteiger partial charge in [0.05, 0.1) is 12.1 Å². The Labute approximate surface area is 163 Å². The number of rotatable bonds is 6. The molecule has 0 bridgehead atoms. The Balaban J connectivity index is 2.26. The molecule has 0 saturated heterocycles. The van der Waals surface area contributed by atoms with E-state index in [9.17, 15) is 15.6 Å². The topological polar surface area (TPSA) is 71.0 Å². The fraction of sp³-hybridized carbons (Fsp3) is 0.478. The SMILES string of the molecule is CCN(CC)c1ccc(/C=C/C2=CC(C(C#N)C#N)CC(C)(C)C2)c(O)c1. The zero-order chi connectivity index (χ0) is 20.0. The molecule has 1 aromatic rings. The fourth-order valence-electron chi connectivity index (χ4n) is 3.86. The first kappa shape index (κ1) is 20.6. The van der Waals surface area contributed by atoms with Gasteiger partial charge in [-0.1, -0.05) is 37.6 Å². The molecule has 0 aromatic heterocycles. The lowest BCUT2D eigenvalue weighted by Crippen LogP contribution is -2.25. The van der Waals surface area contributed by atoms with E-state index < -0.39 is 5.92 Å². The van der Waals surface area contributed by atoms with E-state index in [4.69, 9.17) is 0 Å². The zero-order valence-electron chi connectivity index (χ0n) is 16.7. The van der Waals surface area contributed by atoms with Crippen LogP contribution in [0.3, 0.4) is 0 Å². The van der Waals surface area contributed by atoms with Crippen LogP contribution in [0.15, 0.2) is 35.9 Å². The number of nitriles is 2. The van der Waals surface area contributed by atoms with Gasteiger partial charge in [0.1, 0.15) is 11.7 Å². The van der Waals surface area contributed by atoms with Crippen molar-refractivity contribution < 1.29 is 5.11 Å². The van der Waals surface area contributed by atoms with Crippen LogP contribution >= 0.6 is 0 Å². The summed E-state index contributed by atoms with van der Waals surface area (Å²) in [6, 6.07) is 9.99. The van der Waals surface area contributed by atoms with Crippen molar-refractivity contribution >= 4 is 11.8 Å². The number of anilines is 1. The Morgan fingerprint density at radius 1 is 1.22 bits per heavy atom. The molecule has 1 atom stereocenters. The minimum atomic E-state index is -0.616. The van der Waals surface area contributed by atoms with E-state index in [0.29, 0.717) is 0 Å². The zero-order valence-corrected chi connectivity index (χ0v) is 16.7. The van der Waals surface area contributed by atoms with Gasteiger partial charge >= 0.3 is 0 Å². The lowest BCUT2D eigenvalue weighted by Gasteiger charge is -2.34. The highest BCUT2D eigenvalue weighted by Gasteiger charge is 2.32. The fourth-order valence-corrected chi connectivity index (χ4v) is 3.86. The lowest BCUT2D eigenvalue weighted by atomic mass is 9.69. The van der Waals surface area contributed by atoms with Gasteiger partial charge in [-0.2, -0.15) is 10.5 Å². The van der Waals surface area contributed by atoms with E-state index >= 15 is 0 Å². The Bertz CT molecular complexity index is 790. The van der Waals surface area contributed by atoms with Crippen molar-refractivity contribution in [2.45, 2.75) is 40.5 Å². The molecular formula is C23H29N3O. The number of phenolic OH excluding ortho intramolecular Hbond substituents is 1. The maximum Gasteiger partial charge on any atom is 0.139 e. The highest BCUT2D eigenvalue weighted by molar-refractivity contribution is 5.64. The van der Waals surface area contributed by atoms with Crippen molar-refractivity contribution in [3.8, 4) is 17.9 Å². The van der Waals surface area contributed by atoms with Gasteiger partial charge in [0.25, 0.3) is 0 Å². The molecule has 0 amide bonds. The lowest BCUT2D eigenvalue weighted by molar-refractivity contribution is 0.260. The number of allylic oxidation sites excluding steroid dienone is 3. The number of benzene rings is 1. The Morgan fingerprint density at radius 2 is 1.89 bits per heavy atom. The molecule has 142 valence electrons. The Hall–Kier alpha value is -2.72.